The molecular weight excluding hydrogens is 302 g/mol. The van der Waals surface area contributed by atoms with Gasteiger partial charge in [0.2, 0.25) is 0 Å². The number of halogens is 3. The Bertz CT molecular complexity index is 687. The van der Waals surface area contributed by atoms with E-state index >= 15 is 0 Å². The van der Waals surface area contributed by atoms with Crippen molar-refractivity contribution in [1.82, 2.24) is 0 Å². The van der Waals surface area contributed by atoms with Gasteiger partial charge in [-0.3, -0.25) is 10.1 Å². The van der Waals surface area contributed by atoms with E-state index in [1.807, 2.05) is 0 Å². The fourth-order valence-corrected chi connectivity index (χ4v) is 2.14. The van der Waals surface area contributed by atoms with Gasteiger partial charge in [-0.1, -0.05) is 11.6 Å². The van der Waals surface area contributed by atoms with Crippen molar-refractivity contribution in [2.75, 3.05) is 5.32 Å². The molecule has 0 bridgehead atoms. The zero-order valence-corrected chi connectivity index (χ0v) is 11.7. The number of hydrogen-bond acceptors (Lipinski definition) is 3. The van der Waals surface area contributed by atoms with E-state index in [0.717, 1.165) is 6.07 Å². The molecule has 0 saturated heterocycles. The monoisotopic (exact) mass is 312 g/mol. The molecule has 0 aliphatic carbocycles. The molecule has 0 aliphatic rings. The van der Waals surface area contributed by atoms with Gasteiger partial charge in [0.25, 0.3) is 5.69 Å². The average Bonchev–Trinajstić information content (AvgIpc) is 2.38. The Kier molecular flexibility index (Phi) is 4.37. The van der Waals surface area contributed by atoms with Crippen LogP contribution in [0.25, 0.3) is 0 Å². The summed E-state index contributed by atoms with van der Waals surface area (Å²) in [4.78, 5) is 10.2. The van der Waals surface area contributed by atoms with E-state index in [1.54, 1.807) is 6.92 Å². The number of nitrogens with one attached hydrogen (secondary N) is 1. The summed E-state index contributed by atoms with van der Waals surface area (Å²) in [7, 11) is 0. The normalized spacial score (nSPS) is 10.5. The summed E-state index contributed by atoms with van der Waals surface area (Å²) >= 11 is 5.83. The molecule has 0 radical (unpaired) electrons. The largest absolute Gasteiger partial charge is 0.381 e. The number of benzene rings is 2. The van der Waals surface area contributed by atoms with E-state index in [-0.39, 0.29) is 17.3 Å². The molecule has 2 aromatic rings. The molecule has 7 heteroatoms. The van der Waals surface area contributed by atoms with Crippen LogP contribution in [0.5, 0.6) is 0 Å². The van der Waals surface area contributed by atoms with Gasteiger partial charge in [-0.2, -0.15) is 0 Å². The maximum Gasteiger partial charge on any atom is 0.288 e. The molecule has 21 heavy (non-hydrogen) atoms. The van der Waals surface area contributed by atoms with Gasteiger partial charge in [0.1, 0.15) is 16.7 Å². The smallest absolute Gasteiger partial charge is 0.288 e. The summed E-state index contributed by atoms with van der Waals surface area (Å²) in [5.74, 6) is -1.32. The Morgan fingerprint density at radius 2 is 1.81 bits per heavy atom. The van der Waals surface area contributed by atoms with Gasteiger partial charge in [0, 0.05) is 24.4 Å². The van der Waals surface area contributed by atoms with Gasteiger partial charge in [0.05, 0.1) is 4.92 Å². The van der Waals surface area contributed by atoms with Crippen LogP contribution >= 0.6 is 11.6 Å². The van der Waals surface area contributed by atoms with Gasteiger partial charge in [-0.25, -0.2) is 8.78 Å². The molecule has 2 rings (SSSR count). The average molecular weight is 313 g/mol. The lowest BCUT2D eigenvalue weighted by Gasteiger charge is -2.10. The van der Waals surface area contributed by atoms with Gasteiger partial charge in [-0.15, -0.1) is 0 Å². The van der Waals surface area contributed by atoms with Crippen molar-refractivity contribution < 1.29 is 13.7 Å². The second-order valence-electron chi connectivity index (χ2n) is 4.51. The third-order valence-corrected chi connectivity index (χ3v) is 3.20. The summed E-state index contributed by atoms with van der Waals surface area (Å²) in [6.45, 7) is 1.85. The first-order valence-corrected chi connectivity index (χ1v) is 6.38. The topological polar surface area (TPSA) is 55.2 Å². The van der Waals surface area contributed by atoms with Crippen molar-refractivity contribution in [3.05, 3.63) is 68.2 Å². The number of hydrogen-bond donors (Lipinski definition) is 1. The van der Waals surface area contributed by atoms with Crippen LogP contribution in [0.2, 0.25) is 5.02 Å². The Labute approximate surface area is 124 Å². The summed E-state index contributed by atoms with van der Waals surface area (Å²) in [5.41, 5.74) is 1.41. The van der Waals surface area contributed by atoms with E-state index in [0.29, 0.717) is 16.8 Å². The van der Waals surface area contributed by atoms with Gasteiger partial charge in [0.15, 0.2) is 0 Å². The van der Waals surface area contributed by atoms with Gasteiger partial charge in [-0.05, 0) is 36.2 Å². The quantitative estimate of drug-likeness (QED) is 0.670. The molecule has 0 heterocycles. The molecule has 4 nitrogen and oxygen atoms in total. The lowest BCUT2D eigenvalue weighted by Crippen LogP contribution is -2.03. The maximum atomic E-state index is 13.1. The first-order valence-electron chi connectivity index (χ1n) is 6.00. The molecule has 1 N–H and O–H groups in total. The van der Waals surface area contributed by atoms with E-state index in [1.165, 1.54) is 24.3 Å². The van der Waals surface area contributed by atoms with Crippen molar-refractivity contribution in [2.45, 2.75) is 13.5 Å². The molecule has 0 saturated carbocycles. The molecule has 0 fully saturated rings. The number of aryl methyl sites for hydroxylation is 1. The highest BCUT2D eigenvalue weighted by molar-refractivity contribution is 6.33. The van der Waals surface area contributed by atoms with E-state index in [4.69, 9.17) is 11.6 Å². The number of anilines is 1. The van der Waals surface area contributed by atoms with Gasteiger partial charge < -0.3 is 5.32 Å². The summed E-state index contributed by atoms with van der Waals surface area (Å²) in [6, 6.07) is 5.97. The fourth-order valence-electron chi connectivity index (χ4n) is 1.91. The zero-order chi connectivity index (χ0) is 15.6. The molecule has 110 valence electrons. The van der Waals surface area contributed by atoms with Crippen molar-refractivity contribution >= 4 is 23.0 Å². The predicted molar refractivity (Wildman–Crippen MR) is 76.5 cm³/mol. The minimum Gasteiger partial charge on any atom is -0.381 e. The van der Waals surface area contributed by atoms with Crippen LogP contribution in [0.15, 0.2) is 30.3 Å². The van der Waals surface area contributed by atoms with Crippen molar-refractivity contribution in [1.29, 1.82) is 0 Å². The molecule has 0 aliphatic heterocycles. The Hall–Kier alpha value is -2.21. The standard InChI is InChI=1S/C14H11ClF2N2O2/c1-8-2-14(19(20)21)12(15)6-13(8)18-7-9-3-10(16)5-11(17)4-9/h2-6,18H,7H2,1H3. The number of nitro benzene ring substituents is 1. The third kappa shape index (κ3) is 3.66. The van der Waals surface area contributed by atoms with Crippen LogP contribution in [-0.2, 0) is 6.54 Å². The fraction of sp³-hybridized carbons (Fsp3) is 0.143. The number of nitrogens with zero attached hydrogens (tertiary/aromatic N) is 1. The molecule has 0 aromatic heterocycles. The lowest BCUT2D eigenvalue weighted by atomic mass is 10.1. The molecule has 2 aromatic carbocycles. The van der Waals surface area contributed by atoms with Crippen LogP contribution in [0.1, 0.15) is 11.1 Å². The van der Waals surface area contributed by atoms with Crippen molar-refractivity contribution in [2.24, 2.45) is 0 Å². The number of rotatable bonds is 4. The van der Waals surface area contributed by atoms with E-state index in [2.05, 4.69) is 5.32 Å². The maximum absolute atomic E-state index is 13.1. The second kappa shape index (κ2) is 6.05. The minimum absolute atomic E-state index is 0.00137. The van der Waals surface area contributed by atoms with Crippen LogP contribution < -0.4 is 5.32 Å². The molecule has 0 amide bonds. The summed E-state index contributed by atoms with van der Waals surface area (Å²) in [5, 5.41) is 13.7. The molecule has 0 unspecified atom stereocenters. The number of nitro groups is 1. The molecule has 0 spiro atoms. The Balaban J connectivity index is 2.20. The van der Waals surface area contributed by atoms with Crippen molar-refractivity contribution in [3.63, 3.8) is 0 Å². The minimum atomic E-state index is -0.662. The summed E-state index contributed by atoms with van der Waals surface area (Å²) < 4.78 is 26.2. The van der Waals surface area contributed by atoms with Crippen LogP contribution in [0.3, 0.4) is 0 Å². The third-order valence-electron chi connectivity index (χ3n) is 2.90. The van der Waals surface area contributed by atoms with Crippen molar-refractivity contribution in [3.8, 4) is 0 Å². The predicted octanol–water partition coefficient (Wildman–Crippen LogP) is 4.45. The first kappa shape index (κ1) is 15.2. The molecular formula is C14H11ClF2N2O2. The second-order valence-corrected chi connectivity index (χ2v) is 4.91. The highest BCUT2D eigenvalue weighted by atomic mass is 35.5. The Morgan fingerprint density at radius 3 is 2.38 bits per heavy atom. The van der Waals surface area contributed by atoms with E-state index in [9.17, 15) is 18.9 Å². The first-order chi connectivity index (χ1) is 9.86. The van der Waals surface area contributed by atoms with E-state index < -0.39 is 16.6 Å². The lowest BCUT2D eigenvalue weighted by molar-refractivity contribution is -0.384. The Morgan fingerprint density at radius 1 is 1.19 bits per heavy atom. The van der Waals surface area contributed by atoms with Crippen LogP contribution in [0.4, 0.5) is 20.2 Å². The highest BCUT2D eigenvalue weighted by Gasteiger charge is 2.14. The highest BCUT2D eigenvalue weighted by Crippen LogP contribution is 2.30. The SMILES string of the molecule is Cc1cc([N+](=O)[O-])c(Cl)cc1NCc1cc(F)cc(F)c1. The zero-order valence-electron chi connectivity index (χ0n) is 11.0. The van der Waals surface area contributed by atoms with Crippen LogP contribution in [0, 0.1) is 28.7 Å². The molecule has 0 atom stereocenters. The van der Waals surface area contributed by atoms with Crippen LogP contribution in [-0.4, -0.2) is 4.92 Å². The summed E-state index contributed by atoms with van der Waals surface area (Å²) in [6.07, 6.45) is 0. The van der Waals surface area contributed by atoms with Gasteiger partial charge >= 0.3 is 0 Å².